The van der Waals surface area contributed by atoms with E-state index in [0.717, 1.165) is 22.9 Å². The molecule has 1 N–H and O–H groups in total. The summed E-state index contributed by atoms with van der Waals surface area (Å²) in [5, 5.41) is 7.36. The SMILES string of the molecule is Cc1ccc(C2=C[C@@H](c3ccc(F)cc3F)n3ncnc3N2)cc1. The molecule has 4 rings (SSSR count). The van der Waals surface area contributed by atoms with Crippen LogP contribution in [0, 0.1) is 18.6 Å². The number of aromatic nitrogens is 3. The highest BCUT2D eigenvalue weighted by Gasteiger charge is 2.25. The third-order valence-electron chi connectivity index (χ3n) is 4.05. The number of hydrogen-bond donors (Lipinski definition) is 1. The van der Waals surface area contributed by atoms with Crippen molar-refractivity contribution in [2.45, 2.75) is 13.0 Å². The molecule has 0 fully saturated rings. The van der Waals surface area contributed by atoms with Crippen molar-refractivity contribution < 1.29 is 8.78 Å². The Labute approximate surface area is 137 Å². The topological polar surface area (TPSA) is 42.7 Å². The Kier molecular flexibility index (Phi) is 3.37. The normalized spacial score (nSPS) is 16.3. The van der Waals surface area contributed by atoms with Crippen LogP contribution in [0.5, 0.6) is 0 Å². The van der Waals surface area contributed by atoms with E-state index < -0.39 is 17.7 Å². The molecule has 3 aromatic rings. The van der Waals surface area contributed by atoms with Crippen molar-refractivity contribution in [3.8, 4) is 0 Å². The minimum Gasteiger partial charge on any atom is -0.324 e. The number of benzene rings is 2. The highest BCUT2D eigenvalue weighted by molar-refractivity contribution is 5.77. The summed E-state index contributed by atoms with van der Waals surface area (Å²) in [6.45, 7) is 2.01. The van der Waals surface area contributed by atoms with Gasteiger partial charge in [0.25, 0.3) is 0 Å². The molecule has 24 heavy (non-hydrogen) atoms. The zero-order valence-electron chi connectivity index (χ0n) is 12.9. The molecule has 0 radical (unpaired) electrons. The van der Waals surface area contributed by atoms with Gasteiger partial charge in [-0.1, -0.05) is 35.9 Å². The first-order valence-corrected chi connectivity index (χ1v) is 7.52. The largest absolute Gasteiger partial charge is 0.324 e. The van der Waals surface area contributed by atoms with Gasteiger partial charge in [-0.2, -0.15) is 10.1 Å². The van der Waals surface area contributed by atoms with Gasteiger partial charge in [-0.15, -0.1) is 0 Å². The molecule has 1 aromatic heterocycles. The van der Waals surface area contributed by atoms with Gasteiger partial charge in [-0.3, -0.25) is 0 Å². The number of aryl methyl sites for hydroxylation is 1. The summed E-state index contributed by atoms with van der Waals surface area (Å²) >= 11 is 0. The van der Waals surface area contributed by atoms with E-state index >= 15 is 0 Å². The maximum absolute atomic E-state index is 14.3. The lowest BCUT2D eigenvalue weighted by molar-refractivity contribution is 0.536. The monoisotopic (exact) mass is 324 g/mol. The van der Waals surface area contributed by atoms with Crippen molar-refractivity contribution in [1.82, 2.24) is 14.8 Å². The predicted octanol–water partition coefficient (Wildman–Crippen LogP) is 3.92. The van der Waals surface area contributed by atoms with Gasteiger partial charge >= 0.3 is 0 Å². The molecule has 2 heterocycles. The fourth-order valence-electron chi connectivity index (χ4n) is 2.80. The molecule has 0 amide bonds. The molecule has 0 aliphatic carbocycles. The number of hydrogen-bond acceptors (Lipinski definition) is 3. The van der Waals surface area contributed by atoms with Crippen molar-refractivity contribution in [3.63, 3.8) is 0 Å². The van der Waals surface area contributed by atoms with Crippen molar-refractivity contribution in [1.29, 1.82) is 0 Å². The standard InChI is InChI=1S/C18H14F2N4/c1-11-2-4-12(5-3-11)16-9-17(24-18(23-16)21-10-22-24)14-7-6-13(19)8-15(14)20/h2-10,17H,1H3,(H,21,22,23)/t17-/m0/s1. The first-order valence-electron chi connectivity index (χ1n) is 7.52. The zero-order valence-corrected chi connectivity index (χ0v) is 12.9. The van der Waals surface area contributed by atoms with Crippen molar-refractivity contribution in [2.75, 3.05) is 5.32 Å². The highest BCUT2D eigenvalue weighted by Crippen LogP contribution is 2.33. The van der Waals surface area contributed by atoms with Crippen LogP contribution in [0.15, 0.2) is 54.9 Å². The lowest BCUT2D eigenvalue weighted by Crippen LogP contribution is -2.21. The quantitative estimate of drug-likeness (QED) is 0.777. The number of anilines is 1. The minimum atomic E-state index is -0.608. The second-order valence-corrected chi connectivity index (χ2v) is 5.71. The zero-order chi connectivity index (χ0) is 16.7. The second-order valence-electron chi connectivity index (χ2n) is 5.71. The first kappa shape index (κ1) is 14.6. The molecule has 0 unspecified atom stereocenters. The van der Waals surface area contributed by atoms with Crippen LogP contribution in [0.25, 0.3) is 5.70 Å². The molecule has 2 aromatic carbocycles. The highest BCUT2D eigenvalue weighted by atomic mass is 19.1. The van der Waals surface area contributed by atoms with Gasteiger partial charge < -0.3 is 5.32 Å². The van der Waals surface area contributed by atoms with Crippen LogP contribution in [-0.4, -0.2) is 14.8 Å². The van der Waals surface area contributed by atoms with Crippen LogP contribution in [0.2, 0.25) is 0 Å². The summed E-state index contributed by atoms with van der Waals surface area (Å²) in [5.74, 6) is -0.698. The Hall–Kier alpha value is -3.02. The lowest BCUT2D eigenvalue weighted by atomic mass is 10.0. The predicted molar refractivity (Wildman–Crippen MR) is 87.3 cm³/mol. The van der Waals surface area contributed by atoms with Gasteiger partial charge in [0.2, 0.25) is 5.95 Å². The Morgan fingerprint density at radius 1 is 1.08 bits per heavy atom. The van der Waals surface area contributed by atoms with Crippen LogP contribution in [0.1, 0.15) is 22.7 Å². The molecule has 1 atom stereocenters. The average Bonchev–Trinajstić information content (AvgIpc) is 3.03. The van der Waals surface area contributed by atoms with E-state index in [1.54, 1.807) is 4.68 Å². The van der Waals surface area contributed by atoms with E-state index in [1.165, 1.54) is 18.5 Å². The Morgan fingerprint density at radius 2 is 1.88 bits per heavy atom. The van der Waals surface area contributed by atoms with Crippen LogP contribution in [-0.2, 0) is 0 Å². The molecule has 120 valence electrons. The van der Waals surface area contributed by atoms with E-state index in [0.29, 0.717) is 11.5 Å². The van der Waals surface area contributed by atoms with Crippen LogP contribution >= 0.6 is 0 Å². The number of nitrogens with zero attached hydrogens (tertiary/aromatic N) is 3. The van der Waals surface area contributed by atoms with Gasteiger partial charge in [0.15, 0.2) is 0 Å². The van der Waals surface area contributed by atoms with Crippen LogP contribution in [0.3, 0.4) is 0 Å². The van der Waals surface area contributed by atoms with Gasteiger partial charge in [-0.05, 0) is 24.6 Å². The van der Waals surface area contributed by atoms with Gasteiger partial charge in [0.05, 0.1) is 0 Å². The van der Waals surface area contributed by atoms with Gasteiger partial charge in [0.1, 0.15) is 24.0 Å². The number of nitrogens with one attached hydrogen (secondary N) is 1. The summed E-state index contributed by atoms with van der Waals surface area (Å²) < 4.78 is 29.1. The molecule has 0 spiro atoms. The molecule has 1 aliphatic heterocycles. The Bertz CT molecular complexity index is 928. The summed E-state index contributed by atoms with van der Waals surface area (Å²) in [6.07, 6.45) is 3.27. The summed E-state index contributed by atoms with van der Waals surface area (Å²) in [4.78, 5) is 4.18. The van der Waals surface area contributed by atoms with E-state index in [4.69, 9.17) is 0 Å². The Morgan fingerprint density at radius 3 is 2.62 bits per heavy atom. The summed E-state index contributed by atoms with van der Waals surface area (Å²) in [5.41, 5.74) is 3.26. The smallest absolute Gasteiger partial charge is 0.226 e. The average molecular weight is 324 g/mol. The van der Waals surface area contributed by atoms with E-state index in [1.807, 2.05) is 37.3 Å². The van der Waals surface area contributed by atoms with Crippen molar-refractivity contribution in [3.05, 3.63) is 83.2 Å². The van der Waals surface area contributed by atoms with Gasteiger partial charge in [-0.25, -0.2) is 13.5 Å². The molecule has 0 bridgehead atoms. The van der Waals surface area contributed by atoms with Crippen LogP contribution < -0.4 is 5.32 Å². The molecule has 0 saturated carbocycles. The molecular formula is C18H14F2N4. The Balaban J connectivity index is 1.83. The van der Waals surface area contributed by atoms with Crippen LogP contribution in [0.4, 0.5) is 14.7 Å². The minimum absolute atomic E-state index is 0.342. The third-order valence-corrected chi connectivity index (χ3v) is 4.05. The lowest BCUT2D eigenvalue weighted by Gasteiger charge is -2.24. The number of allylic oxidation sites excluding steroid dienone is 1. The van der Waals surface area contributed by atoms with E-state index in [2.05, 4.69) is 15.4 Å². The van der Waals surface area contributed by atoms with E-state index in [-0.39, 0.29) is 0 Å². The van der Waals surface area contributed by atoms with Gasteiger partial charge in [0, 0.05) is 17.3 Å². The van der Waals surface area contributed by atoms with Crippen molar-refractivity contribution >= 4 is 11.6 Å². The maximum Gasteiger partial charge on any atom is 0.226 e. The second kappa shape index (κ2) is 5.56. The number of fused-ring (bicyclic) bond motifs is 1. The van der Waals surface area contributed by atoms with E-state index in [9.17, 15) is 8.78 Å². The maximum atomic E-state index is 14.3. The molecule has 1 aliphatic rings. The summed E-state index contributed by atoms with van der Waals surface area (Å²) in [6, 6.07) is 11.0. The molecule has 4 nitrogen and oxygen atoms in total. The number of halogens is 2. The van der Waals surface area contributed by atoms with Crippen molar-refractivity contribution in [2.24, 2.45) is 0 Å². The summed E-state index contributed by atoms with van der Waals surface area (Å²) in [7, 11) is 0. The number of rotatable bonds is 2. The third kappa shape index (κ3) is 2.46. The molecule has 6 heteroatoms. The first-order chi connectivity index (χ1) is 11.6. The fraction of sp³-hybridized carbons (Fsp3) is 0.111. The molecule has 0 saturated heterocycles. The fourth-order valence-corrected chi connectivity index (χ4v) is 2.80. The molecular weight excluding hydrogens is 310 g/mol.